The minimum absolute atomic E-state index is 0.0843. The number of amidine groups is 1. The second kappa shape index (κ2) is 10.4. The van der Waals surface area contributed by atoms with E-state index in [2.05, 4.69) is 10.3 Å². The lowest BCUT2D eigenvalue weighted by atomic mass is 9.93. The fourth-order valence-electron chi connectivity index (χ4n) is 4.20. The van der Waals surface area contributed by atoms with Crippen LogP contribution >= 0.6 is 11.8 Å². The number of nitrogens with one attached hydrogen (secondary N) is 1. The zero-order valence-electron chi connectivity index (χ0n) is 19.1. The van der Waals surface area contributed by atoms with E-state index in [0.717, 1.165) is 41.6 Å². The fourth-order valence-corrected chi connectivity index (χ4v) is 5.17. The summed E-state index contributed by atoms with van der Waals surface area (Å²) in [5, 5.41) is 5.65. The molecule has 0 saturated carbocycles. The average Bonchev–Trinajstić information content (AvgIpc) is 3.47. The summed E-state index contributed by atoms with van der Waals surface area (Å²) in [6.45, 7) is 5.13. The molecule has 0 unspecified atom stereocenters. The number of amides is 1. The predicted molar refractivity (Wildman–Crippen MR) is 127 cm³/mol. The molecule has 1 amide bonds. The normalized spacial score (nSPS) is 22.0. The van der Waals surface area contributed by atoms with E-state index in [1.165, 1.54) is 11.8 Å². The third-order valence-electron chi connectivity index (χ3n) is 5.82. The predicted octanol–water partition coefficient (Wildman–Crippen LogP) is 3.52. The van der Waals surface area contributed by atoms with Crippen LogP contribution in [0.5, 0.6) is 5.75 Å². The molecule has 33 heavy (non-hydrogen) atoms. The zero-order valence-corrected chi connectivity index (χ0v) is 19.9. The molecule has 1 aromatic rings. The molecule has 1 saturated heterocycles. The number of hydrogen-bond donors (Lipinski definition) is 1. The molecular formula is C24H29N3O5S. The van der Waals surface area contributed by atoms with E-state index in [4.69, 9.17) is 14.2 Å². The minimum Gasteiger partial charge on any atom is -0.497 e. The van der Waals surface area contributed by atoms with Gasteiger partial charge in [-0.1, -0.05) is 23.9 Å². The van der Waals surface area contributed by atoms with Gasteiger partial charge in [0.05, 0.1) is 43.6 Å². The van der Waals surface area contributed by atoms with Crippen LogP contribution in [0.4, 0.5) is 0 Å². The van der Waals surface area contributed by atoms with Crippen molar-refractivity contribution in [3.63, 3.8) is 0 Å². The van der Waals surface area contributed by atoms with E-state index >= 15 is 0 Å². The van der Waals surface area contributed by atoms with Crippen molar-refractivity contribution in [1.82, 2.24) is 10.2 Å². The summed E-state index contributed by atoms with van der Waals surface area (Å²) in [5.41, 5.74) is 2.77. The standard InChI is InChI=1S/C24H29N3O5S/c1-4-31-23(29)21-15(2)26-24-27(22(21)16-7-9-18(30-3)10-8-16)17(14-33-24)12-20(28)25-13-19-6-5-11-32-19/h7-10,14,19,22H,4-6,11-13H2,1-3H3,(H,25,28)/t19-,22-/m0/s1. The SMILES string of the molecule is CCOC(=O)C1=C(C)N=C2SC=C(CC(=O)NC[C@@H]3CCCO3)N2[C@H]1c1ccc(OC)cc1. The van der Waals surface area contributed by atoms with Crippen molar-refractivity contribution in [3.8, 4) is 5.75 Å². The summed E-state index contributed by atoms with van der Waals surface area (Å²) in [6.07, 6.45) is 2.26. The third kappa shape index (κ3) is 5.09. The first kappa shape index (κ1) is 23.4. The number of methoxy groups -OCH3 is 1. The Morgan fingerprint density at radius 2 is 2.09 bits per heavy atom. The highest BCUT2D eigenvalue weighted by atomic mass is 32.2. The van der Waals surface area contributed by atoms with Gasteiger partial charge in [-0.15, -0.1) is 0 Å². The van der Waals surface area contributed by atoms with Crippen molar-refractivity contribution in [2.45, 2.75) is 45.3 Å². The Labute approximate surface area is 198 Å². The number of carbonyl (C=O) groups is 2. The minimum atomic E-state index is -0.449. The molecule has 9 heteroatoms. The lowest BCUT2D eigenvalue weighted by molar-refractivity contribution is -0.139. The fraction of sp³-hybridized carbons (Fsp3) is 0.458. The van der Waals surface area contributed by atoms with Crippen LogP contribution in [0, 0.1) is 0 Å². The number of carbonyl (C=O) groups excluding carboxylic acids is 2. The Morgan fingerprint density at radius 1 is 1.30 bits per heavy atom. The van der Waals surface area contributed by atoms with Gasteiger partial charge in [-0.3, -0.25) is 4.79 Å². The Bertz CT molecular complexity index is 996. The maximum atomic E-state index is 13.0. The van der Waals surface area contributed by atoms with Crippen LogP contribution in [0.25, 0.3) is 0 Å². The first-order valence-corrected chi connectivity index (χ1v) is 12.0. The van der Waals surface area contributed by atoms with Gasteiger partial charge in [0.15, 0.2) is 5.17 Å². The summed E-state index contributed by atoms with van der Waals surface area (Å²) < 4.78 is 16.3. The molecule has 176 valence electrons. The van der Waals surface area contributed by atoms with Crippen LogP contribution in [0.3, 0.4) is 0 Å². The highest BCUT2D eigenvalue weighted by molar-refractivity contribution is 8.16. The maximum Gasteiger partial charge on any atom is 0.338 e. The Kier molecular flexibility index (Phi) is 7.39. The smallest absolute Gasteiger partial charge is 0.338 e. The number of hydrogen-bond acceptors (Lipinski definition) is 8. The Hall–Kier alpha value is -2.78. The number of fused-ring (bicyclic) bond motifs is 1. The molecule has 0 aliphatic carbocycles. The number of aliphatic imine (C=N–C) groups is 1. The van der Waals surface area contributed by atoms with Crippen LogP contribution in [0.2, 0.25) is 0 Å². The van der Waals surface area contributed by atoms with Gasteiger partial charge in [-0.2, -0.15) is 0 Å². The van der Waals surface area contributed by atoms with E-state index in [0.29, 0.717) is 17.8 Å². The molecular weight excluding hydrogens is 442 g/mol. The second-order valence-electron chi connectivity index (χ2n) is 8.00. The monoisotopic (exact) mass is 471 g/mol. The molecule has 4 rings (SSSR count). The van der Waals surface area contributed by atoms with Crippen LogP contribution in [0.1, 0.15) is 44.7 Å². The van der Waals surface area contributed by atoms with Crippen molar-refractivity contribution in [3.05, 3.63) is 52.2 Å². The molecule has 1 fully saturated rings. The summed E-state index contributed by atoms with van der Waals surface area (Å²) >= 11 is 1.45. The quantitative estimate of drug-likeness (QED) is 0.580. The number of thioether (sulfide) groups is 1. The van der Waals surface area contributed by atoms with Gasteiger partial charge in [0.25, 0.3) is 0 Å². The molecule has 1 N–H and O–H groups in total. The van der Waals surface area contributed by atoms with E-state index in [1.807, 2.05) is 41.5 Å². The molecule has 2 atom stereocenters. The lowest BCUT2D eigenvalue weighted by Crippen LogP contribution is -2.38. The number of ether oxygens (including phenoxy) is 3. The molecule has 1 aromatic carbocycles. The Balaban J connectivity index is 1.60. The molecule has 3 heterocycles. The van der Waals surface area contributed by atoms with Crippen LogP contribution < -0.4 is 10.1 Å². The summed E-state index contributed by atoms with van der Waals surface area (Å²) in [4.78, 5) is 32.3. The van der Waals surface area contributed by atoms with Crippen molar-refractivity contribution in [1.29, 1.82) is 0 Å². The van der Waals surface area contributed by atoms with Crippen molar-refractivity contribution in [2.75, 3.05) is 26.9 Å². The topological polar surface area (TPSA) is 89.5 Å². The van der Waals surface area contributed by atoms with E-state index in [1.54, 1.807) is 14.0 Å². The van der Waals surface area contributed by atoms with E-state index in [-0.39, 0.29) is 25.0 Å². The molecule has 0 spiro atoms. The molecule has 0 aromatic heterocycles. The molecule has 0 radical (unpaired) electrons. The third-order valence-corrected chi connectivity index (χ3v) is 6.71. The summed E-state index contributed by atoms with van der Waals surface area (Å²) in [7, 11) is 1.61. The number of benzene rings is 1. The molecule has 3 aliphatic rings. The van der Waals surface area contributed by atoms with Crippen molar-refractivity contribution in [2.24, 2.45) is 4.99 Å². The van der Waals surface area contributed by atoms with Gasteiger partial charge in [-0.05, 0) is 49.8 Å². The largest absolute Gasteiger partial charge is 0.497 e. The molecule has 8 nitrogen and oxygen atoms in total. The van der Waals surface area contributed by atoms with Gasteiger partial charge in [0.1, 0.15) is 5.75 Å². The van der Waals surface area contributed by atoms with Gasteiger partial charge < -0.3 is 24.4 Å². The highest BCUT2D eigenvalue weighted by Gasteiger charge is 2.41. The molecule has 3 aliphatic heterocycles. The zero-order chi connectivity index (χ0) is 23.4. The first-order valence-electron chi connectivity index (χ1n) is 11.2. The molecule has 0 bridgehead atoms. The van der Waals surface area contributed by atoms with Gasteiger partial charge in [-0.25, -0.2) is 9.79 Å². The van der Waals surface area contributed by atoms with Gasteiger partial charge >= 0.3 is 5.97 Å². The lowest BCUT2D eigenvalue weighted by Gasteiger charge is -2.36. The van der Waals surface area contributed by atoms with Crippen molar-refractivity contribution >= 4 is 28.8 Å². The summed E-state index contributed by atoms with van der Waals surface area (Å²) in [6, 6.07) is 7.13. The van der Waals surface area contributed by atoms with E-state index in [9.17, 15) is 9.59 Å². The number of esters is 1. The van der Waals surface area contributed by atoms with Crippen molar-refractivity contribution < 1.29 is 23.8 Å². The average molecular weight is 472 g/mol. The Morgan fingerprint density at radius 3 is 2.76 bits per heavy atom. The van der Waals surface area contributed by atoms with Crippen LogP contribution in [-0.4, -0.2) is 54.9 Å². The summed E-state index contributed by atoms with van der Waals surface area (Å²) in [5.74, 6) is 0.232. The highest BCUT2D eigenvalue weighted by Crippen LogP contribution is 2.45. The van der Waals surface area contributed by atoms with E-state index < -0.39 is 12.0 Å². The maximum absolute atomic E-state index is 13.0. The van der Waals surface area contributed by atoms with Crippen LogP contribution in [-0.2, 0) is 19.1 Å². The number of rotatable bonds is 8. The van der Waals surface area contributed by atoms with Gasteiger partial charge in [0.2, 0.25) is 5.91 Å². The number of allylic oxidation sites excluding steroid dienone is 1. The number of nitrogens with zero attached hydrogens (tertiary/aromatic N) is 2. The second-order valence-corrected chi connectivity index (χ2v) is 8.84. The van der Waals surface area contributed by atoms with Crippen LogP contribution in [0.15, 0.2) is 51.6 Å². The van der Waals surface area contributed by atoms with Gasteiger partial charge in [0, 0.05) is 18.8 Å². The first-order chi connectivity index (χ1) is 16.0.